The molecule has 0 fully saturated rings. The molecule has 0 amide bonds. The normalized spacial score (nSPS) is 10.6. The Labute approximate surface area is 192 Å². The van der Waals surface area contributed by atoms with Crippen molar-refractivity contribution in [3.05, 3.63) is 93.7 Å². The quantitative estimate of drug-likeness (QED) is 0.314. The van der Waals surface area contributed by atoms with Crippen LogP contribution in [0, 0.1) is 29.9 Å². The summed E-state index contributed by atoms with van der Waals surface area (Å²) in [5, 5.41) is 10.2. The Kier molecular flexibility index (Phi) is 6.04. The number of aromatic nitrogens is 2. The van der Waals surface area contributed by atoms with E-state index in [0.29, 0.717) is 32.4 Å². The number of hydrogen-bond acceptors (Lipinski definition) is 4. The van der Waals surface area contributed by atoms with Crippen LogP contribution >= 0.6 is 23.2 Å². The standard InChI is InChI=1S/C24H13Cl2F2N3O/c1-13-2-4-14(5-3-13)22-23(17-8-6-15(25)10-18(17)26)30-21(12-29)31-24(22)32-16-7-9-19(27)20(28)11-16/h2-11H,1H3. The van der Waals surface area contributed by atoms with Gasteiger partial charge in [0.1, 0.15) is 11.8 Å². The zero-order valence-electron chi connectivity index (χ0n) is 16.5. The van der Waals surface area contributed by atoms with E-state index in [1.165, 1.54) is 6.07 Å². The Balaban J connectivity index is 2.00. The summed E-state index contributed by atoms with van der Waals surface area (Å²) in [6, 6.07) is 17.3. The molecule has 0 unspecified atom stereocenters. The summed E-state index contributed by atoms with van der Waals surface area (Å²) in [6.45, 7) is 1.94. The number of benzene rings is 3. The van der Waals surface area contributed by atoms with E-state index in [1.807, 2.05) is 37.3 Å². The van der Waals surface area contributed by atoms with Gasteiger partial charge >= 0.3 is 0 Å². The summed E-state index contributed by atoms with van der Waals surface area (Å²) in [5.41, 5.74) is 2.97. The lowest BCUT2D eigenvalue weighted by Crippen LogP contribution is -2.02. The van der Waals surface area contributed by atoms with E-state index in [1.54, 1.807) is 18.2 Å². The largest absolute Gasteiger partial charge is 0.438 e. The van der Waals surface area contributed by atoms with Crippen LogP contribution in [-0.2, 0) is 0 Å². The van der Waals surface area contributed by atoms with Gasteiger partial charge in [0.2, 0.25) is 11.7 Å². The molecule has 4 nitrogen and oxygen atoms in total. The van der Waals surface area contributed by atoms with Crippen LogP contribution in [0.2, 0.25) is 10.0 Å². The first-order chi connectivity index (χ1) is 15.4. The zero-order chi connectivity index (χ0) is 22.8. The van der Waals surface area contributed by atoms with Crippen LogP contribution in [0.3, 0.4) is 0 Å². The van der Waals surface area contributed by atoms with Crippen molar-refractivity contribution in [2.24, 2.45) is 0 Å². The van der Waals surface area contributed by atoms with Gasteiger partial charge in [-0.15, -0.1) is 0 Å². The van der Waals surface area contributed by atoms with Crippen molar-refractivity contribution in [3.8, 4) is 40.1 Å². The molecule has 0 radical (unpaired) electrons. The molecule has 1 heterocycles. The summed E-state index contributed by atoms with van der Waals surface area (Å²) in [4.78, 5) is 8.56. The van der Waals surface area contributed by atoms with Gasteiger partial charge in [-0.3, -0.25) is 0 Å². The first kappa shape index (κ1) is 21.7. The van der Waals surface area contributed by atoms with Crippen molar-refractivity contribution in [1.29, 1.82) is 5.26 Å². The topological polar surface area (TPSA) is 58.8 Å². The van der Waals surface area contributed by atoms with E-state index in [0.717, 1.165) is 17.7 Å². The van der Waals surface area contributed by atoms with E-state index < -0.39 is 11.6 Å². The predicted molar refractivity (Wildman–Crippen MR) is 119 cm³/mol. The number of nitriles is 1. The minimum absolute atomic E-state index is 0.00701. The monoisotopic (exact) mass is 467 g/mol. The van der Waals surface area contributed by atoms with E-state index in [-0.39, 0.29) is 17.5 Å². The Morgan fingerprint density at radius 2 is 1.66 bits per heavy atom. The van der Waals surface area contributed by atoms with Crippen LogP contribution in [0.15, 0.2) is 60.7 Å². The Morgan fingerprint density at radius 1 is 0.906 bits per heavy atom. The predicted octanol–water partition coefficient (Wildman–Crippen LogP) is 7.37. The summed E-state index contributed by atoms with van der Waals surface area (Å²) in [6.07, 6.45) is 0. The minimum atomic E-state index is -1.07. The third-order valence-corrected chi connectivity index (χ3v) is 5.16. The van der Waals surface area contributed by atoms with Gasteiger partial charge in [-0.05, 0) is 42.8 Å². The average molecular weight is 468 g/mol. The molecule has 0 spiro atoms. The summed E-state index contributed by atoms with van der Waals surface area (Å²) in [7, 11) is 0. The number of halogens is 4. The Bertz CT molecular complexity index is 1370. The maximum Gasteiger partial charge on any atom is 0.236 e. The Hall–Kier alpha value is -3.53. The van der Waals surface area contributed by atoms with Crippen LogP contribution in [0.5, 0.6) is 11.6 Å². The van der Waals surface area contributed by atoms with E-state index >= 15 is 0 Å². The first-order valence-electron chi connectivity index (χ1n) is 9.33. The van der Waals surface area contributed by atoms with Crippen LogP contribution in [-0.4, -0.2) is 9.97 Å². The molecule has 0 saturated carbocycles. The minimum Gasteiger partial charge on any atom is -0.438 e. The second kappa shape index (κ2) is 8.91. The smallest absolute Gasteiger partial charge is 0.236 e. The van der Waals surface area contributed by atoms with E-state index in [4.69, 9.17) is 27.9 Å². The van der Waals surface area contributed by atoms with Crippen LogP contribution in [0.25, 0.3) is 22.4 Å². The molecule has 0 saturated heterocycles. The van der Waals surface area contributed by atoms with Crippen molar-refractivity contribution < 1.29 is 13.5 Å². The SMILES string of the molecule is Cc1ccc(-c2c(Oc3ccc(F)c(F)c3)nc(C#N)nc2-c2ccc(Cl)cc2Cl)cc1. The van der Waals surface area contributed by atoms with Crippen molar-refractivity contribution in [3.63, 3.8) is 0 Å². The van der Waals surface area contributed by atoms with Crippen LogP contribution < -0.4 is 4.74 Å². The highest BCUT2D eigenvalue weighted by molar-refractivity contribution is 6.36. The van der Waals surface area contributed by atoms with E-state index in [2.05, 4.69) is 9.97 Å². The van der Waals surface area contributed by atoms with Gasteiger partial charge in [0.25, 0.3) is 0 Å². The number of aryl methyl sites for hydroxylation is 1. The number of hydrogen-bond donors (Lipinski definition) is 0. The maximum absolute atomic E-state index is 13.8. The van der Waals surface area contributed by atoms with Gasteiger partial charge in [0.05, 0.1) is 16.3 Å². The van der Waals surface area contributed by atoms with Gasteiger partial charge in [0, 0.05) is 16.7 Å². The van der Waals surface area contributed by atoms with Gasteiger partial charge in [0.15, 0.2) is 11.6 Å². The first-order valence-corrected chi connectivity index (χ1v) is 10.1. The van der Waals surface area contributed by atoms with Gasteiger partial charge in [-0.2, -0.15) is 10.2 Å². The molecule has 0 aliphatic heterocycles. The molecule has 4 aromatic rings. The lowest BCUT2D eigenvalue weighted by Gasteiger charge is -2.16. The molecule has 0 aliphatic rings. The lowest BCUT2D eigenvalue weighted by molar-refractivity contribution is 0.448. The summed E-state index contributed by atoms with van der Waals surface area (Å²) in [5.74, 6) is -2.26. The molecule has 0 bridgehead atoms. The van der Waals surface area contributed by atoms with Crippen molar-refractivity contribution in [2.45, 2.75) is 6.92 Å². The number of nitrogens with zero attached hydrogens (tertiary/aromatic N) is 3. The van der Waals surface area contributed by atoms with Gasteiger partial charge in [-0.25, -0.2) is 13.8 Å². The third kappa shape index (κ3) is 4.40. The third-order valence-electron chi connectivity index (χ3n) is 4.61. The molecule has 0 N–H and O–H groups in total. The summed E-state index contributed by atoms with van der Waals surface area (Å²) < 4.78 is 33.0. The molecular formula is C24H13Cl2F2N3O. The fourth-order valence-electron chi connectivity index (χ4n) is 3.07. The second-order valence-corrected chi connectivity index (χ2v) is 7.70. The number of rotatable bonds is 4. The molecule has 0 atom stereocenters. The van der Waals surface area contributed by atoms with Crippen molar-refractivity contribution in [2.75, 3.05) is 0 Å². The van der Waals surface area contributed by atoms with Gasteiger partial charge < -0.3 is 4.74 Å². The summed E-state index contributed by atoms with van der Waals surface area (Å²) >= 11 is 12.5. The molecule has 1 aromatic heterocycles. The zero-order valence-corrected chi connectivity index (χ0v) is 18.0. The van der Waals surface area contributed by atoms with Gasteiger partial charge in [-0.1, -0.05) is 53.0 Å². The average Bonchev–Trinajstić information content (AvgIpc) is 2.77. The maximum atomic E-state index is 13.8. The molecule has 32 heavy (non-hydrogen) atoms. The number of ether oxygens (including phenoxy) is 1. The van der Waals surface area contributed by atoms with E-state index in [9.17, 15) is 14.0 Å². The molecule has 3 aromatic carbocycles. The second-order valence-electron chi connectivity index (χ2n) is 6.86. The molecule has 0 aliphatic carbocycles. The fraction of sp³-hybridized carbons (Fsp3) is 0.0417. The molecule has 8 heteroatoms. The Morgan fingerprint density at radius 3 is 2.31 bits per heavy atom. The van der Waals surface area contributed by atoms with Crippen molar-refractivity contribution in [1.82, 2.24) is 9.97 Å². The van der Waals surface area contributed by atoms with Crippen molar-refractivity contribution >= 4 is 23.2 Å². The molecule has 4 rings (SSSR count). The highest BCUT2D eigenvalue weighted by Crippen LogP contribution is 2.41. The van der Waals surface area contributed by atoms with Crippen LogP contribution in [0.4, 0.5) is 8.78 Å². The fourth-order valence-corrected chi connectivity index (χ4v) is 3.57. The van der Waals surface area contributed by atoms with Crippen LogP contribution in [0.1, 0.15) is 11.4 Å². The highest BCUT2D eigenvalue weighted by Gasteiger charge is 2.22. The molecule has 158 valence electrons. The molecular weight excluding hydrogens is 455 g/mol. The highest BCUT2D eigenvalue weighted by atomic mass is 35.5. The lowest BCUT2D eigenvalue weighted by atomic mass is 9.99.